The molecule has 0 radical (unpaired) electrons. The summed E-state index contributed by atoms with van der Waals surface area (Å²) in [5.74, 6) is 1.46. The zero-order valence-electron chi connectivity index (χ0n) is 13.4. The number of hydrogen-bond donors (Lipinski definition) is 2. The monoisotopic (exact) mass is 390 g/mol. The van der Waals surface area contributed by atoms with Crippen molar-refractivity contribution in [1.82, 2.24) is 0 Å². The van der Waals surface area contributed by atoms with Crippen LogP contribution in [-0.4, -0.2) is 25.7 Å². The second-order valence-corrected chi connectivity index (χ2v) is 6.42. The molecule has 1 amide bonds. The van der Waals surface area contributed by atoms with E-state index < -0.39 is 0 Å². The highest BCUT2D eigenvalue weighted by atomic mass is 79.9. The molecule has 0 unspecified atom stereocenters. The largest absolute Gasteiger partial charge is 0.486 e. The molecule has 24 heavy (non-hydrogen) atoms. The molecule has 0 saturated heterocycles. The standard InChI is InChI=1S/C18H19BrN2O3/c1-12-2-4-15(14(19)10-12)21-18(22)6-7-20-13-3-5-16-17(11-13)24-9-8-23-16/h2-5,10-11,20H,6-9H2,1H3,(H,21,22). The van der Waals surface area contributed by atoms with Gasteiger partial charge in [-0.25, -0.2) is 0 Å². The van der Waals surface area contributed by atoms with Gasteiger partial charge in [0.05, 0.1) is 5.69 Å². The highest BCUT2D eigenvalue weighted by molar-refractivity contribution is 9.10. The fourth-order valence-electron chi connectivity index (χ4n) is 2.41. The van der Waals surface area contributed by atoms with Crippen molar-refractivity contribution in [3.8, 4) is 11.5 Å². The number of benzene rings is 2. The van der Waals surface area contributed by atoms with E-state index in [4.69, 9.17) is 9.47 Å². The Labute approximate surface area is 149 Å². The molecule has 2 N–H and O–H groups in total. The molecule has 1 heterocycles. The van der Waals surface area contributed by atoms with Gasteiger partial charge in [0.2, 0.25) is 5.91 Å². The number of amides is 1. The van der Waals surface area contributed by atoms with E-state index in [1.165, 1.54) is 0 Å². The van der Waals surface area contributed by atoms with Gasteiger partial charge < -0.3 is 20.1 Å². The van der Waals surface area contributed by atoms with Crippen molar-refractivity contribution < 1.29 is 14.3 Å². The van der Waals surface area contributed by atoms with Crippen LogP contribution >= 0.6 is 15.9 Å². The molecule has 0 aliphatic carbocycles. The molecule has 0 spiro atoms. The molecule has 0 fully saturated rings. The van der Waals surface area contributed by atoms with Crippen molar-refractivity contribution in [2.45, 2.75) is 13.3 Å². The maximum Gasteiger partial charge on any atom is 0.226 e. The summed E-state index contributed by atoms with van der Waals surface area (Å²) in [4.78, 5) is 12.1. The Balaban J connectivity index is 1.50. The molecule has 2 aromatic carbocycles. The van der Waals surface area contributed by atoms with Gasteiger partial charge in [-0.1, -0.05) is 6.07 Å². The van der Waals surface area contributed by atoms with Crippen LogP contribution in [0.25, 0.3) is 0 Å². The summed E-state index contributed by atoms with van der Waals surface area (Å²) in [6.07, 6.45) is 0.370. The van der Waals surface area contributed by atoms with Crippen molar-refractivity contribution in [2.24, 2.45) is 0 Å². The van der Waals surface area contributed by atoms with Crippen LogP contribution in [0.4, 0.5) is 11.4 Å². The van der Waals surface area contributed by atoms with E-state index in [2.05, 4.69) is 26.6 Å². The van der Waals surface area contributed by atoms with Crippen molar-refractivity contribution in [3.63, 3.8) is 0 Å². The smallest absolute Gasteiger partial charge is 0.226 e. The van der Waals surface area contributed by atoms with Crippen LogP contribution < -0.4 is 20.1 Å². The maximum absolute atomic E-state index is 12.1. The van der Waals surface area contributed by atoms with Crippen LogP contribution in [0, 0.1) is 6.92 Å². The summed E-state index contributed by atoms with van der Waals surface area (Å²) in [5, 5.41) is 6.13. The number of anilines is 2. The molecule has 1 aliphatic rings. The van der Waals surface area contributed by atoms with Crippen LogP contribution in [0.2, 0.25) is 0 Å². The molecular weight excluding hydrogens is 372 g/mol. The third kappa shape index (κ3) is 4.20. The maximum atomic E-state index is 12.1. The minimum absolute atomic E-state index is 0.0374. The number of aryl methyl sites for hydroxylation is 1. The first kappa shape index (κ1) is 16.6. The van der Waals surface area contributed by atoms with Gasteiger partial charge in [0.1, 0.15) is 13.2 Å². The zero-order valence-corrected chi connectivity index (χ0v) is 15.0. The summed E-state index contributed by atoms with van der Waals surface area (Å²) in [6, 6.07) is 11.5. The van der Waals surface area contributed by atoms with Crippen molar-refractivity contribution in [2.75, 3.05) is 30.4 Å². The molecule has 126 valence electrons. The Bertz CT molecular complexity index is 749. The predicted octanol–water partition coefficient (Wildman–Crippen LogP) is 3.97. The first-order chi connectivity index (χ1) is 11.6. The van der Waals surface area contributed by atoms with Crippen molar-refractivity contribution >= 4 is 33.2 Å². The highest BCUT2D eigenvalue weighted by Gasteiger charge is 2.12. The van der Waals surface area contributed by atoms with E-state index in [9.17, 15) is 4.79 Å². The Morgan fingerprint density at radius 2 is 1.92 bits per heavy atom. The first-order valence-corrected chi connectivity index (χ1v) is 8.60. The molecule has 0 saturated carbocycles. The fraction of sp³-hybridized carbons (Fsp3) is 0.278. The Kier molecular flexibility index (Phi) is 5.25. The van der Waals surface area contributed by atoms with Crippen molar-refractivity contribution in [1.29, 1.82) is 0 Å². The third-order valence-corrected chi connectivity index (χ3v) is 4.28. The van der Waals surface area contributed by atoms with E-state index >= 15 is 0 Å². The van der Waals surface area contributed by atoms with E-state index in [0.717, 1.165) is 32.9 Å². The van der Waals surface area contributed by atoms with Gasteiger partial charge in [-0.15, -0.1) is 0 Å². The second-order valence-electron chi connectivity index (χ2n) is 5.57. The first-order valence-electron chi connectivity index (χ1n) is 7.81. The number of nitrogens with one attached hydrogen (secondary N) is 2. The third-order valence-electron chi connectivity index (χ3n) is 3.62. The number of carbonyl (C=O) groups is 1. The number of rotatable bonds is 5. The van der Waals surface area contributed by atoms with Crippen molar-refractivity contribution in [3.05, 3.63) is 46.4 Å². The van der Waals surface area contributed by atoms with E-state index in [0.29, 0.717) is 26.2 Å². The molecule has 6 heteroatoms. The Morgan fingerprint density at radius 1 is 1.12 bits per heavy atom. The normalized spacial score (nSPS) is 12.6. The van der Waals surface area contributed by atoms with E-state index in [1.807, 2.05) is 43.3 Å². The van der Waals surface area contributed by atoms with Gasteiger partial charge in [-0.3, -0.25) is 4.79 Å². The second kappa shape index (κ2) is 7.57. The van der Waals surface area contributed by atoms with Crippen LogP contribution in [0.15, 0.2) is 40.9 Å². The zero-order chi connectivity index (χ0) is 16.9. The lowest BCUT2D eigenvalue weighted by Crippen LogP contribution is -2.17. The van der Waals surface area contributed by atoms with Crippen LogP contribution in [0.5, 0.6) is 11.5 Å². The topological polar surface area (TPSA) is 59.6 Å². The molecular formula is C18H19BrN2O3. The van der Waals surface area contributed by atoms with Crippen LogP contribution in [0.1, 0.15) is 12.0 Å². The number of carbonyl (C=O) groups excluding carboxylic acids is 1. The van der Waals surface area contributed by atoms with Gasteiger partial charge in [0.15, 0.2) is 11.5 Å². The summed E-state index contributed by atoms with van der Waals surface area (Å²) < 4.78 is 11.9. The molecule has 5 nitrogen and oxygen atoms in total. The van der Waals surface area contributed by atoms with E-state index in [-0.39, 0.29) is 5.91 Å². The average molecular weight is 391 g/mol. The van der Waals surface area contributed by atoms with Gasteiger partial charge >= 0.3 is 0 Å². The van der Waals surface area contributed by atoms with Crippen LogP contribution in [0.3, 0.4) is 0 Å². The lowest BCUT2D eigenvalue weighted by molar-refractivity contribution is -0.115. The molecule has 0 atom stereocenters. The molecule has 0 aromatic heterocycles. The van der Waals surface area contributed by atoms with Gasteiger partial charge in [-0.2, -0.15) is 0 Å². The fourth-order valence-corrected chi connectivity index (χ4v) is 3.00. The lowest BCUT2D eigenvalue weighted by atomic mass is 10.2. The van der Waals surface area contributed by atoms with Gasteiger partial charge in [-0.05, 0) is 52.7 Å². The highest BCUT2D eigenvalue weighted by Crippen LogP contribution is 2.32. The SMILES string of the molecule is Cc1ccc(NC(=O)CCNc2ccc3c(c2)OCCO3)c(Br)c1. The summed E-state index contributed by atoms with van der Waals surface area (Å²) >= 11 is 3.46. The predicted molar refractivity (Wildman–Crippen MR) is 98.0 cm³/mol. The minimum atomic E-state index is -0.0374. The number of hydrogen-bond acceptors (Lipinski definition) is 4. The molecule has 1 aliphatic heterocycles. The summed E-state index contributed by atoms with van der Waals surface area (Å²) in [6.45, 7) is 3.68. The summed E-state index contributed by atoms with van der Waals surface area (Å²) in [7, 11) is 0. The summed E-state index contributed by atoms with van der Waals surface area (Å²) in [5.41, 5.74) is 2.83. The molecule has 3 rings (SSSR count). The number of halogens is 1. The Morgan fingerprint density at radius 3 is 2.71 bits per heavy atom. The number of fused-ring (bicyclic) bond motifs is 1. The number of ether oxygens (including phenoxy) is 2. The minimum Gasteiger partial charge on any atom is -0.486 e. The molecule has 0 bridgehead atoms. The van der Waals surface area contributed by atoms with E-state index in [1.54, 1.807) is 0 Å². The quantitative estimate of drug-likeness (QED) is 0.810. The average Bonchev–Trinajstić information content (AvgIpc) is 2.57. The molecule has 2 aromatic rings. The lowest BCUT2D eigenvalue weighted by Gasteiger charge is -2.19. The van der Waals surface area contributed by atoms with Crippen LogP contribution in [-0.2, 0) is 4.79 Å². The Hall–Kier alpha value is -2.21. The van der Waals surface area contributed by atoms with Gasteiger partial charge in [0.25, 0.3) is 0 Å². The van der Waals surface area contributed by atoms with Gasteiger partial charge in [0, 0.05) is 29.2 Å².